The molecule has 0 spiro atoms. The van der Waals surface area contributed by atoms with Crippen LogP contribution in [-0.2, 0) is 9.59 Å². The molecule has 5 heteroatoms. The maximum absolute atomic E-state index is 13.1. The zero-order valence-corrected chi connectivity index (χ0v) is 20.1. The lowest BCUT2D eigenvalue weighted by molar-refractivity contribution is -0.126. The van der Waals surface area contributed by atoms with Crippen LogP contribution < -0.4 is 16.2 Å². The van der Waals surface area contributed by atoms with Crippen LogP contribution in [0.2, 0.25) is 0 Å². The number of rotatable bonds is 9. The van der Waals surface area contributed by atoms with Gasteiger partial charge in [-0.1, -0.05) is 121 Å². The van der Waals surface area contributed by atoms with Crippen molar-refractivity contribution in [3.05, 3.63) is 138 Å². The lowest BCUT2D eigenvalue weighted by atomic mass is 9.90. The van der Waals surface area contributed by atoms with E-state index >= 15 is 0 Å². The summed E-state index contributed by atoms with van der Waals surface area (Å²) in [7, 11) is 0. The second-order valence-electron chi connectivity index (χ2n) is 8.29. The smallest absolute Gasteiger partial charge is 0.257 e. The maximum Gasteiger partial charge on any atom is 0.257 e. The fourth-order valence-corrected chi connectivity index (χ4v) is 4.02. The van der Waals surface area contributed by atoms with E-state index in [9.17, 15) is 9.59 Å². The van der Waals surface area contributed by atoms with Gasteiger partial charge < -0.3 is 5.32 Å². The molecule has 0 aliphatic carbocycles. The van der Waals surface area contributed by atoms with E-state index in [1.807, 2.05) is 116 Å². The number of nitrogens with one attached hydrogen (secondary N) is 3. The maximum atomic E-state index is 13.1. The normalized spacial score (nSPS) is 11.1. The van der Waals surface area contributed by atoms with Gasteiger partial charge in [0.2, 0.25) is 5.91 Å². The molecule has 0 fully saturated rings. The molecule has 0 atom stereocenters. The minimum Gasteiger partial charge on any atom is -0.346 e. The summed E-state index contributed by atoms with van der Waals surface area (Å²) < 4.78 is 0. The first-order valence-electron chi connectivity index (χ1n) is 11.9. The van der Waals surface area contributed by atoms with Gasteiger partial charge in [0.05, 0.1) is 18.2 Å². The van der Waals surface area contributed by atoms with Crippen molar-refractivity contribution in [2.75, 3.05) is 6.54 Å². The van der Waals surface area contributed by atoms with Crippen LogP contribution in [0, 0.1) is 0 Å². The Balaban J connectivity index is 1.34. The summed E-state index contributed by atoms with van der Waals surface area (Å²) in [5, 5.41) is 2.78. The van der Waals surface area contributed by atoms with Gasteiger partial charge in [-0.15, -0.1) is 0 Å². The topological polar surface area (TPSA) is 70.2 Å². The highest BCUT2D eigenvalue weighted by Gasteiger charge is 2.22. The van der Waals surface area contributed by atoms with E-state index in [2.05, 4.69) is 28.3 Å². The summed E-state index contributed by atoms with van der Waals surface area (Å²) in [6.07, 6.45) is 1.89. The van der Waals surface area contributed by atoms with Crippen LogP contribution in [0.25, 0.3) is 16.8 Å². The molecule has 4 rings (SSSR count). The molecule has 36 heavy (non-hydrogen) atoms. The predicted molar refractivity (Wildman–Crippen MR) is 145 cm³/mol. The SMILES string of the molecule is CC=C(NNC(=O)CNC(=O)C(c1ccccc1)c1ccccc1)c1ccc(-c2ccccc2)cc1. The minimum absolute atomic E-state index is 0.147. The molecule has 0 heterocycles. The van der Waals surface area contributed by atoms with Crippen LogP contribution in [0.4, 0.5) is 0 Å². The van der Waals surface area contributed by atoms with Gasteiger partial charge in [0.25, 0.3) is 5.91 Å². The summed E-state index contributed by atoms with van der Waals surface area (Å²) in [4.78, 5) is 25.6. The molecule has 0 unspecified atom stereocenters. The second-order valence-corrected chi connectivity index (χ2v) is 8.29. The fourth-order valence-electron chi connectivity index (χ4n) is 4.02. The number of allylic oxidation sites excluding steroid dienone is 1. The summed E-state index contributed by atoms with van der Waals surface area (Å²) in [6, 6.07) is 37.4. The molecule has 0 bridgehead atoms. The molecule has 5 nitrogen and oxygen atoms in total. The largest absolute Gasteiger partial charge is 0.346 e. The van der Waals surface area contributed by atoms with Crippen LogP contribution in [0.5, 0.6) is 0 Å². The third-order valence-corrected chi connectivity index (χ3v) is 5.88. The van der Waals surface area contributed by atoms with Gasteiger partial charge in [-0.05, 0) is 34.7 Å². The van der Waals surface area contributed by atoms with E-state index in [1.165, 1.54) is 0 Å². The quantitative estimate of drug-likeness (QED) is 0.288. The van der Waals surface area contributed by atoms with Gasteiger partial charge in [-0.2, -0.15) is 0 Å². The van der Waals surface area contributed by atoms with Gasteiger partial charge in [0.15, 0.2) is 0 Å². The van der Waals surface area contributed by atoms with E-state index in [0.29, 0.717) is 0 Å². The molecule has 4 aromatic rings. The molecular formula is C31H29N3O2. The Morgan fingerprint density at radius 1 is 0.667 bits per heavy atom. The molecule has 0 aromatic heterocycles. The van der Waals surface area contributed by atoms with E-state index in [0.717, 1.165) is 33.5 Å². The molecule has 0 aliphatic rings. The van der Waals surface area contributed by atoms with Crippen molar-refractivity contribution >= 4 is 17.5 Å². The first-order chi connectivity index (χ1) is 17.7. The molecule has 0 saturated carbocycles. The Hall–Kier alpha value is -4.64. The summed E-state index contributed by atoms with van der Waals surface area (Å²) >= 11 is 0. The number of benzene rings is 4. The van der Waals surface area contributed by atoms with E-state index in [1.54, 1.807) is 0 Å². The Labute approximate surface area is 211 Å². The molecule has 180 valence electrons. The van der Waals surface area contributed by atoms with Crippen molar-refractivity contribution in [2.45, 2.75) is 12.8 Å². The standard InChI is InChI=1S/C31H29N3O2/c1-2-28(25-20-18-24(19-21-25)23-12-6-3-7-13-23)33-34-29(35)22-32-31(36)30(26-14-8-4-9-15-26)27-16-10-5-11-17-27/h2-21,30,33H,22H2,1H3,(H,32,36)(H,34,35). The highest BCUT2D eigenvalue weighted by Crippen LogP contribution is 2.25. The number of carbonyl (C=O) groups excluding carboxylic acids is 2. The molecule has 0 radical (unpaired) electrons. The molecule has 0 saturated heterocycles. The van der Waals surface area contributed by atoms with E-state index < -0.39 is 5.92 Å². The van der Waals surface area contributed by atoms with Gasteiger partial charge in [-0.25, -0.2) is 0 Å². The van der Waals surface area contributed by atoms with Crippen LogP contribution in [0.3, 0.4) is 0 Å². The lowest BCUT2D eigenvalue weighted by Crippen LogP contribution is -2.44. The van der Waals surface area contributed by atoms with E-state index in [4.69, 9.17) is 0 Å². The van der Waals surface area contributed by atoms with Gasteiger partial charge in [0, 0.05) is 0 Å². The number of hydrogen-bond acceptors (Lipinski definition) is 3. The van der Waals surface area contributed by atoms with Crippen LogP contribution in [0.1, 0.15) is 29.5 Å². The molecule has 4 aromatic carbocycles. The van der Waals surface area contributed by atoms with Crippen molar-refractivity contribution in [3.8, 4) is 11.1 Å². The zero-order chi connectivity index (χ0) is 25.2. The molecular weight excluding hydrogens is 446 g/mol. The predicted octanol–water partition coefficient (Wildman–Crippen LogP) is 5.28. The third-order valence-electron chi connectivity index (χ3n) is 5.88. The number of hydrazine groups is 1. The highest BCUT2D eigenvalue weighted by atomic mass is 16.2. The average Bonchev–Trinajstić information content (AvgIpc) is 2.94. The van der Waals surface area contributed by atoms with Gasteiger partial charge in [-0.3, -0.25) is 20.4 Å². The highest BCUT2D eigenvalue weighted by molar-refractivity contribution is 5.90. The zero-order valence-electron chi connectivity index (χ0n) is 20.1. The Morgan fingerprint density at radius 3 is 1.69 bits per heavy atom. The van der Waals surface area contributed by atoms with Crippen molar-refractivity contribution in [2.24, 2.45) is 0 Å². The second kappa shape index (κ2) is 12.2. The Bertz CT molecular complexity index is 1260. The van der Waals surface area contributed by atoms with Crippen molar-refractivity contribution in [3.63, 3.8) is 0 Å². The Morgan fingerprint density at radius 2 is 1.17 bits per heavy atom. The summed E-state index contributed by atoms with van der Waals surface area (Å²) in [6.45, 7) is 1.75. The first-order valence-corrected chi connectivity index (χ1v) is 11.9. The van der Waals surface area contributed by atoms with Crippen molar-refractivity contribution in [1.29, 1.82) is 0 Å². The molecule has 2 amide bonds. The van der Waals surface area contributed by atoms with Gasteiger partial charge in [0.1, 0.15) is 0 Å². The van der Waals surface area contributed by atoms with Crippen LogP contribution >= 0.6 is 0 Å². The lowest BCUT2D eigenvalue weighted by Gasteiger charge is -2.18. The first kappa shape index (κ1) is 24.5. The minimum atomic E-state index is -0.498. The van der Waals surface area contributed by atoms with Crippen molar-refractivity contribution < 1.29 is 9.59 Å². The summed E-state index contributed by atoms with van der Waals surface area (Å²) in [5.41, 5.74) is 11.4. The number of hydrogen-bond donors (Lipinski definition) is 3. The fraction of sp³-hybridized carbons (Fsp3) is 0.0968. The third kappa shape index (κ3) is 6.27. The molecule has 3 N–H and O–H groups in total. The van der Waals surface area contributed by atoms with Gasteiger partial charge >= 0.3 is 0 Å². The number of amides is 2. The number of carbonyl (C=O) groups is 2. The van der Waals surface area contributed by atoms with Crippen LogP contribution in [-0.4, -0.2) is 18.4 Å². The Kier molecular flexibility index (Phi) is 8.28. The van der Waals surface area contributed by atoms with Crippen LogP contribution in [0.15, 0.2) is 121 Å². The summed E-state index contributed by atoms with van der Waals surface area (Å²) in [5.74, 6) is -1.07. The monoisotopic (exact) mass is 475 g/mol. The van der Waals surface area contributed by atoms with Crippen molar-refractivity contribution in [1.82, 2.24) is 16.2 Å². The average molecular weight is 476 g/mol. The molecule has 0 aliphatic heterocycles. The van der Waals surface area contributed by atoms with E-state index in [-0.39, 0.29) is 18.4 Å².